The minimum absolute atomic E-state index is 0.0901. The molecular formula is C17H13BrO4. The first-order valence-electron chi connectivity index (χ1n) is 6.63. The average molecular weight is 361 g/mol. The Morgan fingerprint density at radius 3 is 2.95 bits per heavy atom. The molecule has 0 amide bonds. The van der Waals surface area contributed by atoms with Crippen LogP contribution < -0.4 is 14.2 Å². The van der Waals surface area contributed by atoms with Gasteiger partial charge in [0.15, 0.2) is 17.3 Å². The molecule has 1 aliphatic rings. The number of fused-ring (bicyclic) bond motifs is 1. The molecule has 0 atom stereocenters. The zero-order valence-corrected chi connectivity index (χ0v) is 13.4. The summed E-state index contributed by atoms with van der Waals surface area (Å²) in [4.78, 5) is 12.2. The number of hydrogen-bond acceptors (Lipinski definition) is 4. The lowest BCUT2D eigenvalue weighted by molar-refractivity contribution is 0.104. The minimum atomic E-state index is -0.0901. The number of hydrogen-bond donors (Lipinski definition) is 0. The van der Waals surface area contributed by atoms with Crippen molar-refractivity contribution in [3.63, 3.8) is 0 Å². The van der Waals surface area contributed by atoms with Gasteiger partial charge in [0.2, 0.25) is 6.79 Å². The van der Waals surface area contributed by atoms with Crippen LogP contribution in [-0.2, 0) is 0 Å². The van der Waals surface area contributed by atoms with Crippen molar-refractivity contribution < 1.29 is 19.0 Å². The van der Waals surface area contributed by atoms with Crippen LogP contribution in [0.5, 0.6) is 17.2 Å². The highest BCUT2D eigenvalue weighted by Crippen LogP contribution is 2.40. The molecule has 2 aromatic rings. The molecule has 1 heterocycles. The standard InChI is InChI=1S/C17H13BrO4/c1-20-13-4-2-3-12(9-13)15(19)6-5-11-7-14(18)17-16(8-11)21-10-22-17/h2-9H,10H2,1H3/b6-5+. The highest BCUT2D eigenvalue weighted by atomic mass is 79.9. The van der Waals surface area contributed by atoms with Crippen LogP contribution in [0, 0.1) is 0 Å². The average Bonchev–Trinajstić information content (AvgIpc) is 3.01. The van der Waals surface area contributed by atoms with Gasteiger partial charge in [-0.25, -0.2) is 0 Å². The smallest absolute Gasteiger partial charge is 0.231 e. The van der Waals surface area contributed by atoms with Crippen molar-refractivity contribution in [1.29, 1.82) is 0 Å². The number of ether oxygens (including phenoxy) is 3. The fourth-order valence-corrected chi connectivity index (χ4v) is 2.70. The molecule has 0 bridgehead atoms. The maximum absolute atomic E-state index is 12.2. The second-order valence-corrected chi connectivity index (χ2v) is 5.52. The van der Waals surface area contributed by atoms with Crippen molar-refractivity contribution in [2.24, 2.45) is 0 Å². The molecule has 0 radical (unpaired) electrons. The zero-order chi connectivity index (χ0) is 15.5. The lowest BCUT2D eigenvalue weighted by atomic mass is 10.1. The van der Waals surface area contributed by atoms with Crippen molar-refractivity contribution in [1.82, 2.24) is 0 Å². The summed E-state index contributed by atoms with van der Waals surface area (Å²) in [6.07, 6.45) is 3.27. The van der Waals surface area contributed by atoms with Crippen molar-refractivity contribution in [3.8, 4) is 17.2 Å². The van der Waals surface area contributed by atoms with Crippen LogP contribution in [-0.4, -0.2) is 19.7 Å². The summed E-state index contributed by atoms with van der Waals surface area (Å²) in [6, 6.07) is 10.8. The number of benzene rings is 2. The van der Waals surface area contributed by atoms with Crippen LogP contribution in [0.25, 0.3) is 6.08 Å². The third-order valence-electron chi connectivity index (χ3n) is 3.23. The van der Waals surface area contributed by atoms with Gasteiger partial charge < -0.3 is 14.2 Å². The Balaban J connectivity index is 1.82. The topological polar surface area (TPSA) is 44.8 Å². The predicted molar refractivity (Wildman–Crippen MR) is 86.6 cm³/mol. The Morgan fingerprint density at radius 1 is 1.27 bits per heavy atom. The normalized spacial score (nSPS) is 12.6. The SMILES string of the molecule is COc1cccc(C(=O)/C=C/c2cc(Br)c3c(c2)OCO3)c1. The van der Waals surface area contributed by atoms with Gasteiger partial charge >= 0.3 is 0 Å². The first-order chi connectivity index (χ1) is 10.7. The van der Waals surface area contributed by atoms with Gasteiger partial charge in [0, 0.05) is 5.56 Å². The van der Waals surface area contributed by atoms with E-state index in [2.05, 4.69) is 15.9 Å². The van der Waals surface area contributed by atoms with Crippen LogP contribution in [0.3, 0.4) is 0 Å². The fraction of sp³-hybridized carbons (Fsp3) is 0.118. The molecule has 0 aliphatic carbocycles. The molecule has 3 rings (SSSR count). The van der Waals surface area contributed by atoms with E-state index in [4.69, 9.17) is 14.2 Å². The summed E-state index contributed by atoms with van der Waals surface area (Å²) >= 11 is 3.43. The van der Waals surface area contributed by atoms with Gasteiger partial charge in [-0.2, -0.15) is 0 Å². The first kappa shape index (κ1) is 14.7. The number of halogens is 1. The molecule has 5 heteroatoms. The van der Waals surface area contributed by atoms with Gasteiger partial charge in [0.1, 0.15) is 5.75 Å². The minimum Gasteiger partial charge on any atom is -0.497 e. The lowest BCUT2D eigenvalue weighted by Gasteiger charge is -2.02. The summed E-state index contributed by atoms with van der Waals surface area (Å²) in [6.45, 7) is 0.212. The molecular weight excluding hydrogens is 348 g/mol. The Bertz CT molecular complexity index is 752. The van der Waals surface area contributed by atoms with Crippen LogP contribution in [0.1, 0.15) is 15.9 Å². The highest BCUT2D eigenvalue weighted by molar-refractivity contribution is 9.10. The van der Waals surface area contributed by atoms with E-state index in [1.807, 2.05) is 12.1 Å². The molecule has 0 unspecified atom stereocenters. The maximum Gasteiger partial charge on any atom is 0.231 e. The number of methoxy groups -OCH3 is 1. The van der Waals surface area contributed by atoms with Crippen LogP contribution in [0.2, 0.25) is 0 Å². The quantitative estimate of drug-likeness (QED) is 0.608. The van der Waals surface area contributed by atoms with Gasteiger partial charge in [-0.15, -0.1) is 0 Å². The highest BCUT2D eigenvalue weighted by Gasteiger charge is 2.17. The second kappa shape index (κ2) is 6.23. The molecule has 112 valence electrons. The third-order valence-corrected chi connectivity index (χ3v) is 3.82. The van der Waals surface area contributed by atoms with Crippen LogP contribution in [0.4, 0.5) is 0 Å². The molecule has 0 aromatic heterocycles. The molecule has 0 N–H and O–H groups in total. The molecule has 22 heavy (non-hydrogen) atoms. The summed E-state index contributed by atoms with van der Waals surface area (Å²) in [7, 11) is 1.57. The van der Waals surface area contributed by atoms with Gasteiger partial charge in [-0.1, -0.05) is 18.2 Å². The largest absolute Gasteiger partial charge is 0.497 e. The van der Waals surface area contributed by atoms with Gasteiger partial charge in [0.25, 0.3) is 0 Å². The van der Waals surface area contributed by atoms with Crippen molar-refractivity contribution >= 4 is 27.8 Å². The molecule has 2 aromatic carbocycles. The predicted octanol–water partition coefficient (Wildman–Crippen LogP) is 4.08. The third kappa shape index (κ3) is 2.99. The molecule has 1 aliphatic heterocycles. The van der Waals surface area contributed by atoms with Crippen molar-refractivity contribution in [2.75, 3.05) is 13.9 Å². The monoisotopic (exact) mass is 360 g/mol. The maximum atomic E-state index is 12.2. The van der Waals surface area contributed by atoms with E-state index < -0.39 is 0 Å². The zero-order valence-electron chi connectivity index (χ0n) is 11.8. The first-order valence-corrected chi connectivity index (χ1v) is 7.42. The summed E-state index contributed by atoms with van der Waals surface area (Å²) in [5.74, 6) is 1.93. The second-order valence-electron chi connectivity index (χ2n) is 4.67. The van der Waals surface area contributed by atoms with E-state index in [0.29, 0.717) is 22.8 Å². The van der Waals surface area contributed by atoms with Crippen molar-refractivity contribution in [2.45, 2.75) is 0 Å². The van der Waals surface area contributed by atoms with E-state index in [1.54, 1.807) is 37.5 Å². The number of carbonyl (C=O) groups is 1. The van der Waals surface area contributed by atoms with Gasteiger partial charge in [-0.3, -0.25) is 4.79 Å². The number of carbonyl (C=O) groups excluding carboxylic acids is 1. The fourth-order valence-electron chi connectivity index (χ4n) is 2.13. The molecule has 0 saturated carbocycles. The molecule has 0 fully saturated rings. The van der Waals surface area contributed by atoms with E-state index in [-0.39, 0.29) is 12.6 Å². The van der Waals surface area contributed by atoms with Crippen LogP contribution in [0.15, 0.2) is 46.9 Å². The van der Waals surface area contributed by atoms with E-state index in [0.717, 1.165) is 10.0 Å². The molecule has 0 spiro atoms. The lowest BCUT2D eigenvalue weighted by Crippen LogP contribution is -1.94. The molecule has 4 nitrogen and oxygen atoms in total. The number of allylic oxidation sites excluding steroid dienone is 1. The van der Waals surface area contributed by atoms with E-state index >= 15 is 0 Å². The van der Waals surface area contributed by atoms with Gasteiger partial charge in [-0.05, 0) is 51.8 Å². The summed E-state index contributed by atoms with van der Waals surface area (Å²) < 4.78 is 16.6. The van der Waals surface area contributed by atoms with Crippen LogP contribution >= 0.6 is 15.9 Å². The van der Waals surface area contributed by atoms with Gasteiger partial charge in [0.05, 0.1) is 11.6 Å². The number of rotatable bonds is 4. The Hall–Kier alpha value is -2.27. The summed E-state index contributed by atoms with van der Waals surface area (Å²) in [5.41, 5.74) is 1.43. The Labute approximate surface area is 136 Å². The Morgan fingerprint density at radius 2 is 2.14 bits per heavy atom. The van der Waals surface area contributed by atoms with Crippen molar-refractivity contribution in [3.05, 3.63) is 58.1 Å². The van der Waals surface area contributed by atoms with E-state index in [9.17, 15) is 4.79 Å². The number of ketones is 1. The summed E-state index contributed by atoms with van der Waals surface area (Å²) in [5, 5.41) is 0. The van der Waals surface area contributed by atoms with E-state index in [1.165, 1.54) is 6.08 Å². The molecule has 0 saturated heterocycles. The Kier molecular flexibility index (Phi) is 4.15.